The molecule has 0 saturated heterocycles. The molecule has 0 radical (unpaired) electrons. The summed E-state index contributed by atoms with van der Waals surface area (Å²) in [5.41, 5.74) is 5.30. The first kappa shape index (κ1) is 22.7. The van der Waals surface area contributed by atoms with Gasteiger partial charge in [-0.1, -0.05) is 35.9 Å². The van der Waals surface area contributed by atoms with E-state index in [1.165, 1.54) is 11.1 Å². The van der Waals surface area contributed by atoms with E-state index >= 15 is 0 Å². The summed E-state index contributed by atoms with van der Waals surface area (Å²) in [5, 5.41) is 6.28. The number of hydrogen-bond donors (Lipinski definition) is 2. The average Bonchev–Trinajstić information content (AvgIpc) is 2.73. The van der Waals surface area contributed by atoms with Crippen molar-refractivity contribution in [2.24, 2.45) is 0 Å². The second-order valence-electron chi connectivity index (χ2n) is 7.21. The minimum absolute atomic E-state index is 0.117. The fourth-order valence-electron chi connectivity index (χ4n) is 3.19. The molecule has 2 N–H and O–H groups in total. The number of hydrogen-bond acceptors (Lipinski definition) is 4. The van der Waals surface area contributed by atoms with Crippen molar-refractivity contribution in [3.8, 4) is 11.5 Å². The van der Waals surface area contributed by atoms with Crippen molar-refractivity contribution in [1.29, 1.82) is 0 Å². The van der Waals surface area contributed by atoms with Crippen LogP contribution in [0.4, 0.5) is 11.4 Å². The van der Waals surface area contributed by atoms with Crippen LogP contribution in [0, 0.1) is 13.8 Å². The third-order valence-corrected chi connectivity index (χ3v) is 5.23. The van der Waals surface area contributed by atoms with Crippen molar-refractivity contribution in [1.82, 2.24) is 0 Å². The lowest BCUT2D eigenvalue weighted by molar-refractivity contribution is -0.118. The van der Waals surface area contributed by atoms with E-state index in [9.17, 15) is 4.79 Å². The molecule has 0 spiro atoms. The Morgan fingerprint density at radius 3 is 2.48 bits per heavy atom. The topological polar surface area (TPSA) is 59.6 Å². The van der Waals surface area contributed by atoms with E-state index in [-0.39, 0.29) is 12.5 Å². The standard InChI is InChI=1S/C25H27BrN2O3/c1-4-30-23-14-19(15-27-22-11-10-17(2)12-18(22)3)13-21(26)25(23)31-16-24(29)28-20-8-6-5-7-9-20/h5-14,27H,4,15-16H2,1-3H3,(H,28,29). The molecule has 3 aromatic carbocycles. The molecule has 0 aliphatic heterocycles. The van der Waals surface area contributed by atoms with E-state index in [0.29, 0.717) is 24.7 Å². The van der Waals surface area contributed by atoms with Crippen LogP contribution in [0.25, 0.3) is 0 Å². The zero-order valence-electron chi connectivity index (χ0n) is 18.0. The number of carbonyl (C=O) groups is 1. The predicted molar refractivity (Wildman–Crippen MR) is 129 cm³/mol. The number of amides is 1. The first-order valence-corrected chi connectivity index (χ1v) is 11.0. The first-order valence-electron chi connectivity index (χ1n) is 10.2. The fourth-order valence-corrected chi connectivity index (χ4v) is 3.80. The number of halogens is 1. The van der Waals surface area contributed by atoms with Crippen LogP contribution >= 0.6 is 15.9 Å². The number of carbonyl (C=O) groups excluding carboxylic acids is 1. The molecular formula is C25H27BrN2O3. The molecule has 0 bridgehead atoms. The highest BCUT2D eigenvalue weighted by atomic mass is 79.9. The second-order valence-corrected chi connectivity index (χ2v) is 8.07. The Morgan fingerprint density at radius 1 is 1.00 bits per heavy atom. The van der Waals surface area contributed by atoms with Gasteiger partial charge in [-0.15, -0.1) is 0 Å². The van der Waals surface area contributed by atoms with Crippen LogP contribution in [0.1, 0.15) is 23.6 Å². The molecule has 3 rings (SSSR count). The van der Waals surface area contributed by atoms with Gasteiger partial charge in [0.05, 0.1) is 11.1 Å². The number of benzene rings is 3. The van der Waals surface area contributed by atoms with Crippen molar-refractivity contribution in [3.05, 3.63) is 81.8 Å². The summed E-state index contributed by atoms with van der Waals surface area (Å²) in [5.74, 6) is 0.878. The van der Waals surface area contributed by atoms with Crippen LogP contribution in [-0.4, -0.2) is 19.1 Å². The smallest absolute Gasteiger partial charge is 0.262 e. The summed E-state index contributed by atoms with van der Waals surface area (Å²) in [7, 11) is 0. The van der Waals surface area contributed by atoms with E-state index in [4.69, 9.17) is 9.47 Å². The number of anilines is 2. The highest BCUT2D eigenvalue weighted by Crippen LogP contribution is 2.37. The van der Waals surface area contributed by atoms with Crippen LogP contribution in [0.15, 0.2) is 65.1 Å². The normalized spacial score (nSPS) is 10.5. The van der Waals surface area contributed by atoms with Crippen molar-refractivity contribution in [2.45, 2.75) is 27.3 Å². The van der Waals surface area contributed by atoms with Crippen molar-refractivity contribution in [2.75, 3.05) is 23.8 Å². The second kappa shape index (κ2) is 10.9. The molecule has 0 atom stereocenters. The Kier molecular flexibility index (Phi) is 7.95. The quantitative estimate of drug-likeness (QED) is 0.387. The Balaban J connectivity index is 1.68. The van der Waals surface area contributed by atoms with Gasteiger partial charge in [-0.05, 0) is 78.2 Å². The largest absolute Gasteiger partial charge is 0.490 e. The van der Waals surface area contributed by atoms with Crippen molar-refractivity contribution < 1.29 is 14.3 Å². The zero-order valence-corrected chi connectivity index (χ0v) is 19.6. The van der Waals surface area contributed by atoms with E-state index in [2.05, 4.69) is 58.6 Å². The summed E-state index contributed by atoms with van der Waals surface area (Å²) < 4.78 is 12.3. The molecule has 0 fully saturated rings. The first-order chi connectivity index (χ1) is 15.0. The van der Waals surface area contributed by atoms with Crippen molar-refractivity contribution >= 4 is 33.2 Å². The van der Waals surface area contributed by atoms with E-state index in [0.717, 1.165) is 21.4 Å². The summed E-state index contributed by atoms with van der Waals surface area (Å²) in [6.07, 6.45) is 0. The van der Waals surface area contributed by atoms with E-state index in [1.54, 1.807) is 0 Å². The molecule has 1 amide bonds. The summed E-state index contributed by atoms with van der Waals surface area (Å²) in [4.78, 5) is 12.2. The van der Waals surface area contributed by atoms with Gasteiger partial charge < -0.3 is 20.1 Å². The lowest BCUT2D eigenvalue weighted by Crippen LogP contribution is -2.20. The molecule has 31 heavy (non-hydrogen) atoms. The van der Waals surface area contributed by atoms with Gasteiger partial charge in [0.2, 0.25) is 0 Å². The molecule has 6 heteroatoms. The van der Waals surface area contributed by atoms with Gasteiger partial charge >= 0.3 is 0 Å². The van der Waals surface area contributed by atoms with Crippen LogP contribution in [0.5, 0.6) is 11.5 Å². The molecule has 0 aromatic heterocycles. The number of rotatable bonds is 9. The van der Waals surface area contributed by atoms with Crippen LogP contribution in [0.2, 0.25) is 0 Å². The number of ether oxygens (including phenoxy) is 2. The Bertz CT molecular complexity index is 1040. The summed E-state index contributed by atoms with van der Waals surface area (Å²) in [6, 6.07) is 19.5. The maximum absolute atomic E-state index is 12.2. The van der Waals surface area contributed by atoms with Gasteiger partial charge in [-0.2, -0.15) is 0 Å². The molecular weight excluding hydrogens is 456 g/mol. The zero-order chi connectivity index (χ0) is 22.2. The van der Waals surface area contributed by atoms with Crippen molar-refractivity contribution in [3.63, 3.8) is 0 Å². The van der Waals surface area contributed by atoms with Gasteiger partial charge in [0.25, 0.3) is 5.91 Å². The number of para-hydroxylation sites is 1. The third-order valence-electron chi connectivity index (χ3n) is 4.64. The predicted octanol–water partition coefficient (Wildman–Crippen LogP) is 6.09. The molecule has 3 aromatic rings. The maximum atomic E-state index is 12.2. The molecule has 0 aliphatic carbocycles. The minimum atomic E-state index is -0.235. The van der Waals surface area contributed by atoms with Gasteiger partial charge in [0, 0.05) is 17.9 Å². The van der Waals surface area contributed by atoms with Gasteiger partial charge in [0.1, 0.15) is 0 Å². The minimum Gasteiger partial charge on any atom is -0.490 e. The van der Waals surface area contributed by atoms with Gasteiger partial charge in [-0.3, -0.25) is 4.79 Å². The Hall–Kier alpha value is -2.99. The monoisotopic (exact) mass is 482 g/mol. The molecule has 0 saturated carbocycles. The lowest BCUT2D eigenvalue weighted by Gasteiger charge is -2.16. The number of nitrogens with one attached hydrogen (secondary N) is 2. The molecule has 0 unspecified atom stereocenters. The number of aryl methyl sites for hydroxylation is 2. The van der Waals surface area contributed by atoms with E-state index in [1.807, 2.05) is 49.4 Å². The molecule has 5 nitrogen and oxygen atoms in total. The fraction of sp³-hybridized carbons (Fsp3) is 0.240. The lowest BCUT2D eigenvalue weighted by atomic mass is 10.1. The molecule has 162 valence electrons. The van der Waals surface area contributed by atoms with Gasteiger partial charge in [-0.25, -0.2) is 0 Å². The highest BCUT2D eigenvalue weighted by Gasteiger charge is 2.14. The van der Waals surface area contributed by atoms with Crippen LogP contribution < -0.4 is 20.1 Å². The highest BCUT2D eigenvalue weighted by molar-refractivity contribution is 9.10. The SMILES string of the molecule is CCOc1cc(CNc2ccc(C)cc2C)cc(Br)c1OCC(=O)Nc1ccccc1. The van der Waals surface area contributed by atoms with Gasteiger partial charge in [0.15, 0.2) is 18.1 Å². The van der Waals surface area contributed by atoms with Crippen LogP contribution in [0.3, 0.4) is 0 Å². The Morgan fingerprint density at radius 2 is 1.77 bits per heavy atom. The molecule has 0 heterocycles. The third kappa shape index (κ3) is 6.49. The molecule has 0 aliphatic rings. The Labute approximate surface area is 191 Å². The van der Waals surface area contributed by atoms with E-state index < -0.39 is 0 Å². The van der Waals surface area contributed by atoms with Crippen LogP contribution in [-0.2, 0) is 11.3 Å². The summed E-state index contributed by atoms with van der Waals surface area (Å²) >= 11 is 3.57. The average molecular weight is 483 g/mol. The summed E-state index contributed by atoms with van der Waals surface area (Å²) in [6.45, 7) is 7.10. The maximum Gasteiger partial charge on any atom is 0.262 e.